The number of hydrogen-bond donors (Lipinski definition) is 0. The largest absolute Gasteiger partial charge is 0.419 e. The van der Waals surface area contributed by atoms with Gasteiger partial charge in [-0.15, -0.1) is 0 Å². The third-order valence-electron chi connectivity index (χ3n) is 5.06. The van der Waals surface area contributed by atoms with Crippen LogP contribution in [0.2, 0.25) is 0 Å². The van der Waals surface area contributed by atoms with Gasteiger partial charge in [0.2, 0.25) is 0 Å². The fourth-order valence-corrected chi connectivity index (χ4v) is 3.66. The summed E-state index contributed by atoms with van der Waals surface area (Å²) < 4.78 is 44.9. The Kier molecular flexibility index (Phi) is 3.59. The number of ether oxygens (including phenoxy) is 1. The Bertz CT molecular complexity index is 512. The van der Waals surface area contributed by atoms with Gasteiger partial charge in [0.25, 0.3) is 0 Å². The molecule has 0 saturated carbocycles. The Morgan fingerprint density at radius 1 is 1.29 bits per heavy atom. The zero-order valence-corrected chi connectivity index (χ0v) is 12.0. The maximum Gasteiger partial charge on any atom is 0.419 e. The first-order valence-corrected chi connectivity index (χ1v) is 7.31. The van der Waals surface area contributed by atoms with Crippen LogP contribution in [0.3, 0.4) is 0 Å². The Labute approximate surface area is 122 Å². The van der Waals surface area contributed by atoms with Crippen molar-refractivity contribution >= 4 is 5.82 Å². The molecule has 0 aliphatic carbocycles. The molecule has 2 fully saturated rings. The molecule has 2 aliphatic heterocycles. The fourth-order valence-electron chi connectivity index (χ4n) is 3.66. The Balaban J connectivity index is 1.92. The average molecular weight is 300 g/mol. The van der Waals surface area contributed by atoms with Crippen molar-refractivity contribution in [3.05, 3.63) is 23.9 Å². The lowest BCUT2D eigenvalue weighted by Gasteiger charge is -2.39. The van der Waals surface area contributed by atoms with Crippen LogP contribution in [0.15, 0.2) is 18.3 Å². The van der Waals surface area contributed by atoms with E-state index in [-0.39, 0.29) is 17.3 Å². The highest BCUT2D eigenvalue weighted by molar-refractivity contribution is 5.51. The number of alkyl halides is 3. The molecule has 0 aromatic carbocycles. The van der Waals surface area contributed by atoms with Gasteiger partial charge in [0, 0.05) is 32.0 Å². The Hall–Kier alpha value is -1.30. The van der Waals surface area contributed by atoms with Gasteiger partial charge in [0.15, 0.2) is 0 Å². The normalized spacial score (nSPS) is 25.5. The van der Waals surface area contributed by atoms with Gasteiger partial charge in [-0.3, -0.25) is 0 Å². The molecule has 0 unspecified atom stereocenters. The van der Waals surface area contributed by atoms with E-state index in [9.17, 15) is 13.2 Å². The first kappa shape index (κ1) is 14.6. The van der Waals surface area contributed by atoms with Crippen LogP contribution in [0, 0.1) is 5.41 Å². The molecule has 1 atom stereocenters. The lowest BCUT2D eigenvalue weighted by atomic mass is 9.74. The first-order valence-electron chi connectivity index (χ1n) is 7.31. The van der Waals surface area contributed by atoms with Gasteiger partial charge in [-0.2, -0.15) is 13.2 Å². The minimum absolute atomic E-state index is 0.0531. The summed E-state index contributed by atoms with van der Waals surface area (Å²) in [6, 6.07) is 2.51. The van der Waals surface area contributed by atoms with E-state index in [2.05, 4.69) is 4.98 Å². The zero-order chi connectivity index (χ0) is 15.1. The number of nitrogens with zero attached hydrogens (tertiary/aromatic N) is 2. The predicted octanol–water partition coefficient (Wildman–Crippen LogP) is 3.50. The molecule has 1 aromatic heterocycles. The molecule has 3 heterocycles. The molecule has 6 heteroatoms. The van der Waals surface area contributed by atoms with E-state index in [1.807, 2.05) is 11.8 Å². The van der Waals surface area contributed by atoms with Crippen molar-refractivity contribution in [3.63, 3.8) is 0 Å². The lowest BCUT2D eigenvalue weighted by Crippen LogP contribution is -2.41. The van der Waals surface area contributed by atoms with Crippen molar-refractivity contribution in [3.8, 4) is 0 Å². The molecule has 2 saturated heterocycles. The molecule has 1 aromatic rings. The summed E-state index contributed by atoms with van der Waals surface area (Å²) in [7, 11) is 0. The van der Waals surface area contributed by atoms with Crippen molar-refractivity contribution in [2.24, 2.45) is 5.41 Å². The number of aromatic nitrogens is 1. The summed E-state index contributed by atoms with van der Waals surface area (Å²) in [6.07, 6.45) is -0.190. The van der Waals surface area contributed by atoms with E-state index in [1.165, 1.54) is 12.3 Å². The van der Waals surface area contributed by atoms with Gasteiger partial charge < -0.3 is 9.64 Å². The van der Waals surface area contributed by atoms with E-state index in [4.69, 9.17) is 4.74 Å². The summed E-state index contributed by atoms with van der Waals surface area (Å²) in [6.45, 7) is 4.05. The van der Waals surface area contributed by atoms with Crippen molar-refractivity contribution in [2.45, 2.75) is 38.4 Å². The third kappa shape index (κ3) is 2.50. The Morgan fingerprint density at radius 2 is 2.00 bits per heavy atom. The van der Waals surface area contributed by atoms with Gasteiger partial charge >= 0.3 is 6.18 Å². The number of halogens is 3. The van der Waals surface area contributed by atoms with Crippen LogP contribution >= 0.6 is 0 Å². The lowest BCUT2D eigenvalue weighted by molar-refractivity contribution is -0.137. The van der Waals surface area contributed by atoms with E-state index in [0.29, 0.717) is 19.8 Å². The summed E-state index contributed by atoms with van der Waals surface area (Å²) in [4.78, 5) is 5.86. The molecule has 21 heavy (non-hydrogen) atoms. The number of hydrogen-bond acceptors (Lipinski definition) is 3. The highest BCUT2D eigenvalue weighted by Gasteiger charge is 2.47. The Morgan fingerprint density at radius 3 is 2.67 bits per heavy atom. The average Bonchev–Trinajstić information content (AvgIpc) is 2.76. The van der Waals surface area contributed by atoms with Gasteiger partial charge in [-0.25, -0.2) is 4.98 Å². The minimum atomic E-state index is -4.37. The van der Waals surface area contributed by atoms with Gasteiger partial charge in [0.05, 0.1) is 5.56 Å². The van der Waals surface area contributed by atoms with Gasteiger partial charge in [-0.05, 0) is 43.7 Å². The second-order valence-electron chi connectivity index (χ2n) is 5.97. The number of pyridine rings is 1. The standard InChI is InChI=1S/C15H19F3N2O/c1-11-14(5-9-21-10-6-14)4-8-20(11)13-12(15(16,17)18)3-2-7-19-13/h2-3,7,11H,4-6,8-10H2,1H3/t11-/m0/s1. The molecule has 0 radical (unpaired) electrons. The van der Waals surface area contributed by atoms with E-state index < -0.39 is 11.7 Å². The van der Waals surface area contributed by atoms with Crippen LogP contribution in [0.25, 0.3) is 0 Å². The zero-order valence-electron chi connectivity index (χ0n) is 12.0. The van der Waals surface area contributed by atoms with Crippen LogP contribution in [-0.2, 0) is 10.9 Å². The molecule has 0 N–H and O–H groups in total. The molecule has 116 valence electrons. The summed E-state index contributed by atoms with van der Waals surface area (Å²) in [5.41, 5.74) is -0.570. The monoisotopic (exact) mass is 300 g/mol. The van der Waals surface area contributed by atoms with E-state index in [0.717, 1.165) is 25.3 Å². The summed E-state index contributed by atoms with van der Waals surface area (Å²) in [5.74, 6) is 0.0702. The van der Waals surface area contributed by atoms with Crippen LogP contribution in [0.4, 0.5) is 19.0 Å². The smallest absolute Gasteiger partial charge is 0.381 e. The van der Waals surface area contributed by atoms with Crippen LogP contribution < -0.4 is 4.90 Å². The number of anilines is 1. The topological polar surface area (TPSA) is 25.4 Å². The van der Waals surface area contributed by atoms with Crippen molar-refractivity contribution in [2.75, 3.05) is 24.7 Å². The summed E-state index contributed by atoms with van der Waals surface area (Å²) >= 11 is 0. The van der Waals surface area contributed by atoms with Crippen molar-refractivity contribution in [1.82, 2.24) is 4.98 Å². The highest BCUT2D eigenvalue weighted by atomic mass is 19.4. The van der Waals surface area contributed by atoms with Crippen LogP contribution in [0.5, 0.6) is 0 Å². The molecule has 0 amide bonds. The van der Waals surface area contributed by atoms with Gasteiger partial charge in [0.1, 0.15) is 5.82 Å². The van der Waals surface area contributed by atoms with Crippen LogP contribution in [0.1, 0.15) is 31.7 Å². The minimum Gasteiger partial charge on any atom is -0.381 e. The van der Waals surface area contributed by atoms with E-state index in [1.54, 1.807) is 0 Å². The third-order valence-corrected chi connectivity index (χ3v) is 5.06. The highest BCUT2D eigenvalue weighted by Crippen LogP contribution is 2.47. The SMILES string of the molecule is C[C@@H]1N(c2ncccc2C(F)(F)F)CCC12CCOCC2. The molecule has 2 aliphatic rings. The molecule has 3 rings (SSSR count). The predicted molar refractivity (Wildman–Crippen MR) is 73.2 cm³/mol. The van der Waals surface area contributed by atoms with Crippen molar-refractivity contribution < 1.29 is 17.9 Å². The maximum atomic E-state index is 13.2. The molecular formula is C15H19F3N2O. The summed E-state index contributed by atoms with van der Waals surface area (Å²) in [5, 5.41) is 0. The van der Waals surface area contributed by atoms with Crippen molar-refractivity contribution in [1.29, 1.82) is 0 Å². The second kappa shape index (κ2) is 5.16. The fraction of sp³-hybridized carbons (Fsp3) is 0.667. The molecule has 0 bridgehead atoms. The maximum absolute atomic E-state index is 13.2. The molecule has 3 nitrogen and oxygen atoms in total. The van der Waals surface area contributed by atoms with Crippen LogP contribution in [-0.4, -0.2) is 30.8 Å². The van der Waals surface area contributed by atoms with Gasteiger partial charge in [-0.1, -0.05) is 0 Å². The molecular weight excluding hydrogens is 281 g/mol. The number of rotatable bonds is 1. The second-order valence-corrected chi connectivity index (χ2v) is 5.97. The first-order chi connectivity index (χ1) is 9.94. The molecule has 1 spiro atoms. The van der Waals surface area contributed by atoms with E-state index >= 15 is 0 Å². The quantitative estimate of drug-likeness (QED) is 0.794.